The van der Waals surface area contributed by atoms with E-state index in [0.717, 1.165) is 16.9 Å². The molecule has 2 heterocycles. The van der Waals surface area contributed by atoms with Gasteiger partial charge >= 0.3 is 0 Å². The normalized spacial score (nSPS) is 12.0. The molecule has 5 nitrogen and oxygen atoms in total. The van der Waals surface area contributed by atoms with E-state index in [1.165, 1.54) is 11.3 Å². The second kappa shape index (κ2) is 5.90. The summed E-state index contributed by atoms with van der Waals surface area (Å²) >= 11 is 1.34. The quantitative estimate of drug-likeness (QED) is 0.577. The fourth-order valence-electron chi connectivity index (χ4n) is 2.49. The highest BCUT2D eigenvalue weighted by Crippen LogP contribution is 2.21. The number of methoxy groups -OCH3 is 1. The third-order valence-corrected chi connectivity index (χ3v) is 4.65. The van der Waals surface area contributed by atoms with Crippen LogP contribution in [0.2, 0.25) is 0 Å². The van der Waals surface area contributed by atoms with E-state index in [1.807, 2.05) is 60.7 Å². The summed E-state index contributed by atoms with van der Waals surface area (Å²) in [5.41, 5.74) is 1.71. The van der Waals surface area contributed by atoms with Crippen LogP contribution in [0, 0.1) is 0 Å². The van der Waals surface area contributed by atoms with Gasteiger partial charge in [-0.05, 0) is 35.9 Å². The van der Waals surface area contributed by atoms with Gasteiger partial charge in [0.25, 0.3) is 5.56 Å². The van der Waals surface area contributed by atoms with Crippen LogP contribution >= 0.6 is 11.3 Å². The van der Waals surface area contributed by atoms with Gasteiger partial charge in [-0.1, -0.05) is 41.7 Å². The molecule has 0 saturated heterocycles. The molecule has 4 aromatic rings. The Morgan fingerprint density at radius 1 is 1.04 bits per heavy atom. The highest BCUT2D eigenvalue weighted by molar-refractivity contribution is 7.15. The molecule has 0 unspecified atom stereocenters. The molecule has 2 aromatic carbocycles. The minimum absolute atomic E-state index is 0.102. The lowest BCUT2D eigenvalue weighted by Crippen LogP contribution is -2.23. The molecule has 2 aromatic heterocycles. The van der Waals surface area contributed by atoms with Crippen molar-refractivity contribution in [2.24, 2.45) is 0 Å². The predicted molar refractivity (Wildman–Crippen MR) is 94.3 cm³/mol. The molecule has 0 aliphatic carbocycles. The Hall–Kier alpha value is -2.99. The summed E-state index contributed by atoms with van der Waals surface area (Å²) in [7, 11) is 1.62. The van der Waals surface area contributed by atoms with Gasteiger partial charge in [0.2, 0.25) is 4.96 Å². The zero-order valence-electron chi connectivity index (χ0n) is 12.8. The third kappa shape index (κ3) is 2.47. The molecule has 0 aliphatic rings. The fraction of sp³-hybridized carbons (Fsp3) is 0.0556. The molecule has 4 rings (SSSR count). The summed E-state index contributed by atoms with van der Waals surface area (Å²) in [5, 5.41) is 8.30. The Bertz CT molecular complexity index is 1100. The van der Waals surface area contributed by atoms with E-state index in [4.69, 9.17) is 4.74 Å². The molecule has 6 heteroatoms. The van der Waals surface area contributed by atoms with Gasteiger partial charge in [-0.3, -0.25) is 4.79 Å². The van der Waals surface area contributed by atoms with E-state index in [-0.39, 0.29) is 5.56 Å². The van der Waals surface area contributed by atoms with Crippen LogP contribution in [0.3, 0.4) is 0 Å². The van der Waals surface area contributed by atoms with Crippen molar-refractivity contribution in [2.45, 2.75) is 0 Å². The molecule has 0 aliphatic heterocycles. The van der Waals surface area contributed by atoms with Gasteiger partial charge in [0.1, 0.15) is 5.75 Å². The minimum atomic E-state index is -0.102. The largest absolute Gasteiger partial charge is 0.497 e. The zero-order chi connectivity index (χ0) is 16.5. The standard InChI is InChI=1S/C18H13N3O2S/c1-23-14-9-7-13(8-10-14)16-19-20-18-21(16)17(22)15(24-18)11-12-5-3-2-4-6-12/h2-11H,1H3/b15-11+. The van der Waals surface area contributed by atoms with Crippen LogP contribution < -0.4 is 14.8 Å². The SMILES string of the molecule is COc1ccc(-c2nnc3s/c(=C/c4ccccc4)c(=O)n23)cc1. The average Bonchev–Trinajstić information content (AvgIpc) is 3.17. The number of hydrogen-bond donors (Lipinski definition) is 0. The fourth-order valence-corrected chi connectivity index (χ4v) is 3.40. The lowest BCUT2D eigenvalue weighted by molar-refractivity contribution is 0.415. The molecule has 0 saturated carbocycles. The van der Waals surface area contributed by atoms with Crippen molar-refractivity contribution < 1.29 is 4.74 Å². The Labute approximate surface area is 141 Å². The number of aromatic nitrogens is 3. The molecule has 0 atom stereocenters. The van der Waals surface area contributed by atoms with E-state index >= 15 is 0 Å². The molecule has 24 heavy (non-hydrogen) atoms. The summed E-state index contributed by atoms with van der Waals surface area (Å²) < 4.78 is 7.36. The smallest absolute Gasteiger partial charge is 0.276 e. The Balaban J connectivity index is 1.87. The maximum Gasteiger partial charge on any atom is 0.276 e. The number of hydrogen-bond acceptors (Lipinski definition) is 5. The summed E-state index contributed by atoms with van der Waals surface area (Å²) in [6.07, 6.45) is 1.87. The number of nitrogens with zero attached hydrogens (tertiary/aromatic N) is 3. The number of benzene rings is 2. The topological polar surface area (TPSA) is 56.5 Å². The molecule has 0 fully saturated rings. The average molecular weight is 335 g/mol. The van der Waals surface area contributed by atoms with Gasteiger partial charge in [-0.25, -0.2) is 4.40 Å². The van der Waals surface area contributed by atoms with Gasteiger partial charge in [0.05, 0.1) is 11.6 Å². The summed E-state index contributed by atoms with van der Waals surface area (Å²) in [4.78, 5) is 13.3. The monoisotopic (exact) mass is 335 g/mol. The second-order valence-corrected chi connectivity index (χ2v) is 6.21. The van der Waals surface area contributed by atoms with E-state index in [1.54, 1.807) is 11.5 Å². The second-order valence-electron chi connectivity index (χ2n) is 5.20. The van der Waals surface area contributed by atoms with Crippen molar-refractivity contribution in [2.75, 3.05) is 7.11 Å². The number of ether oxygens (including phenoxy) is 1. The number of rotatable bonds is 3. The third-order valence-electron chi connectivity index (χ3n) is 3.69. The first kappa shape index (κ1) is 14.6. The van der Waals surface area contributed by atoms with Crippen LogP contribution in [0.4, 0.5) is 0 Å². The molecular weight excluding hydrogens is 322 g/mol. The first-order valence-corrected chi connectivity index (χ1v) is 8.17. The Morgan fingerprint density at radius 2 is 1.79 bits per heavy atom. The summed E-state index contributed by atoms with van der Waals surface area (Å²) in [5.74, 6) is 1.30. The Morgan fingerprint density at radius 3 is 2.50 bits per heavy atom. The number of fused-ring (bicyclic) bond motifs is 1. The lowest BCUT2D eigenvalue weighted by Gasteiger charge is -2.00. The molecule has 0 spiro atoms. The highest BCUT2D eigenvalue weighted by Gasteiger charge is 2.14. The zero-order valence-corrected chi connectivity index (χ0v) is 13.7. The predicted octanol–water partition coefficient (Wildman–Crippen LogP) is 2.37. The van der Waals surface area contributed by atoms with Crippen LogP contribution in [-0.2, 0) is 0 Å². The first-order valence-electron chi connectivity index (χ1n) is 7.35. The van der Waals surface area contributed by atoms with Gasteiger partial charge in [-0.2, -0.15) is 0 Å². The molecule has 0 bridgehead atoms. The van der Waals surface area contributed by atoms with Gasteiger partial charge in [-0.15, -0.1) is 10.2 Å². The van der Waals surface area contributed by atoms with Crippen molar-refractivity contribution >= 4 is 22.4 Å². The van der Waals surface area contributed by atoms with Crippen LogP contribution in [0.5, 0.6) is 5.75 Å². The van der Waals surface area contributed by atoms with Gasteiger partial charge < -0.3 is 4.74 Å². The van der Waals surface area contributed by atoms with E-state index in [2.05, 4.69) is 10.2 Å². The van der Waals surface area contributed by atoms with Crippen molar-refractivity contribution in [1.29, 1.82) is 0 Å². The van der Waals surface area contributed by atoms with E-state index in [0.29, 0.717) is 15.3 Å². The van der Waals surface area contributed by atoms with Crippen LogP contribution in [0.25, 0.3) is 22.4 Å². The van der Waals surface area contributed by atoms with Crippen molar-refractivity contribution in [3.05, 3.63) is 75.0 Å². The van der Waals surface area contributed by atoms with Gasteiger partial charge in [0.15, 0.2) is 5.82 Å². The molecular formula is C18H13N3O2S. The molecule has 0 amide bonds. The van der Waals surface area contributed by atoms with Crippen molar-refractivity contribution in [1.82, 2.24) is 14.6 Å². The van der Waals surface area contributed by atoms with Crippen molar-refractivity contribution in [3.63, 3.8) is 0 Å². The van der Waals surface area contributed by atoms with Crippen LogP contribution in [-0.4, -0.2) is 21.7 Å². The lowest BCUT2D eigenvalue weighted by atomic mass is 10.2. The first-order chi connectivity index (χ1) is 11.8. The van der Waals surface area contributed by atoms with Gasteiger partial charge in [0, 0.05) is 5.56 Å². The van der Waals surface area contributed by atoms with E-state index in [9.17, 15) is 4.79 Å². The summed E-state index contributed by atoms with van der Waals surface area (Å²) in [6.45, 7) is 0. The number of thiazole rings is 1. The summed E-state index contributed by atoms with van der Waals surface area (Å²) in [6, 6.07) is 17.2. The maximum absolute atomic E-state index is 12.7. The Kier molecular flexibility index (Phi) is 3.59. The molecule has 0 N–H and O–H groups in total. The highest BCUT2D eigenvalue weighted by atomic mass is 32.1. The van der Waals surface area contributed by atoms with Crippen molar-refractivity contribution in [3.8, 4) is 17.1 Å². The maximum atomic E-state index is 12.7. The molecule has 118 valence electrons. The van der Waals surface area contributed by atoms with E-state index < -0.39 is 0 Å². The van der Waals surface area contributed by atoms with Crippen LogP contribution in [0.15, 0.2) is 59.4 Å². The minimum Gasteiger partial charge on any atom is -0.497 e. The molecule has 0 radical (unpaired) electrons. The van der Waals surface area contributed by atoms with Crippen LogP contribution in [0.1, 0.15) is 5.56 Å².